The highest BCUT2D eigenvalue weighted by Gasteiger charge is 2.21. The molecule has 2 aromatic carbocycles. The first-order valence-electron chi connectivity index (χ1n) is 8.77. The van der Waals surface area contributed by atoms with E-state index in [0.29, 0.717) is 19.5 Å². The maximum absolute atomic E-state index is 12.5. The van der Waals surface area contributed by atoms with Gasteiger partial charge in [0, 0.05) is 19.5 Å². The first-order valence-corrected chi connectivity index (χ1v) is 8.77. The topological polar surface area (TPSA) is 57.6 Å². The second-order valence-corrected chi connectivity index (χ2v) is 6.52. The summed E-state index contributed by atoms with van der Waals surface area (Å²) in [6.07, 6.45) is 3.03. The van der Waals surface area contributed by atoms with Gasteiger partial charge in [-0.3, -0.25) is 4.79 Å². The van der Waals surface area contributed by atoms with Crippen LogP contribution >= 0.6 is 0 Å². The zero-order valence-corrected chi connectivity index (χ0v) is 14.5. The summed E-state index contributed by atoms with van der Waals surface area (Å²) in [7, 11) is 0. The number of rotatable bonds is 5. The van der Waals surface area contributed by atoms with Crippen molar-refractivity contribution in [3.05, 3.63) is 70.3 Å². The van der Waals surface area contributed by atoms with Crippen LogP contribution < -0.4 is 0 Å². The first-order chi connectivity index (χ1) is 12.1. The molecule has 4 heteroatoms. The molecule has 1 aliphatic rings. The molecule has 1 aliphatic heterocycles. The van der Waals surface area contributed by atoms with Gasteiger partial charge >= 0.3 is 5.97 Å². The van der Waals surface area contributed by atoms with Gasteiger partial charge in [0.2, 0.25) is 5.91 Å². The van der Waals surface area contributed by atoms with Crippen LogP contribution in [0.5, 0.6) is 0 Å². The maximum atomic E-state index is 12.5. The van der Waals surface area contributed by atoms with Crippen LogP contribution in [0.25, 0.3) is 0 Å². The molecule has 0 fully saturated rings. The molecule has 4 nitrogen and oxygen atoms in total. The molecule has 1 heterocycles. The first kappa shape index (κ1) is 17.2. The van der Waals surface area contributed by atoms with Crippen LogP contribution in [0.4, 0.5) is 0 Å². The number of hydrogen-bond donors (Lipinski definition) is 1. The van der Waals surface area contributed by atoms with Crippen molar-refractivity contribution in [1.29, 1.82) is 0 Å². The van der Waals surface area contributed by atoms with Gasteiger partial charge in [-0.15, -0.1) is 0 Å². The number of carbonyl (C=O) groups excluding carboxylic acids is 1. The summed E-state index contributed by atoms with van der Waals surface area (Å²) in [6, 6.07) is 13.6. The van der Waals surface area contributed by atoms with Crippen molar-refractivity contribution in [3.8, 4) is 0 Å². The molecule has 0 atom stereocenters. The van der Waals surface area contributed by atoms with Crippen LogP contribution in [0.1, 0.15) is 46.0 Å². The molecule has 0 spiro atoms. The molecular formula is C21H23NO3. The van der Waals surface area contributed by atoms with E-state index in [4.69, 9.17) is 5.11 Å². The monoisotopic (exact) mass is 337 g/mol. The van der Waals surface area contributed by atoms with Gasteiger partial charge in [0.1, 0.15) is 0 Å². The van der Waals surface area contributed by atoms with Gasteiger partial charge < -0.3 is 10.0 Å². The highest BCUT2D eigenvalue weighted by Crippen LogP contribution is 2.21. The van der Waals surface area contributed by atoms with Crippen LogP contribution in [0, 0.1) is 0 Å². The van der Waals surface area contributed by atoms with Gasteiger partial charge in [0.25, 0.3) is 0 Å². The quantitative estimate of drug-likeness (QED) is 0.909. The molecule has 1 N–H and O–H groups in total. The fourth-order valence-electron chi connectivity index (χ4n) is 3.25. The third kappa shape index (κ3) is 4.08. The van der Waals surface area contributed by atoms with Crippen LogP contribution in [0.2, 0.25) is 0 Å². The van der Waals surface area contributed by atoms with Crippen molar-refractivity contribution in [2.24, 2.45) is 0 Å². The summed E-state index contributed by atoms with van der Waals surface area (Å²) in [6.45, 7) is 3.33. The zero-order valence-electron chi connectivity index (χ0n) is 14.5. The average Bonchev–Trinajstić information content (AvgIpc) is 2.65. The van der Waals surface area contributed by atoms with E-state index >= 15 is 0 Å². The van der Waals surface area contributed by atoms with Crippen LogP contribution in [0.3, 0.4) is 0 Å². The third-order valence-corrected chi connectivity index (χ3v) is 4.88. The Morgan fingerprint density at radius 1 is 1.04 bits per heavy atom. The second-order valence-electron chi connectivity index (χ2n) is 6.52. The van der Waals surface area contributed by atoms with Crippen LogP contribution in [-0.2, 0) is 30.6 Å². The van der Waals surface area contributed by atoms with E-state index in [1.54, 1.807) is 12.1 Å². The van der Waals surface area contributed by atoms with Crippen molar-refractivity contribution in [2.45, 2.75) is 39.2 Å². The lowest BCUT2D eigenvalue weighted by Gasteiger charge is -2.29. The van der Waals surface area contributed by atoms with E-state index in [0.717, 1.165) is 30.4 Å². The van der Waals surface area contributed by atoms with E-state index < -0.39 is 5.97 Å². The number of nitrogens with zero attached hydrogens (tertiary/aromatic N) is 1. The Hall–Kier alpha value is -2.62. The molecule has 0 saturated heterocycles. The standard InChI is InChI=1S/C21H23NO3/c1-2-15-3-5-16(6-4-15)7-10-20(23)22-12-11-17-8-9-18(21(24)25)13-19(17)14-22/h3-6,8-9,13H,2,7,10-12,14H2,1H3,(H,24,25). The minimum absolute atomic E-state index is 0.131. The molecule has 3 rings (SSSR count). The molecule has 1 amide bonds. The molecule has 0 unspecified atom stereocenters. The number of hydrogen-bond acceptors (Lipinski definition) is 2. The molecule has 0 radical (unpaired) electrons. The van der Waals surface area contributed by atoms with Crippen molar-refractivity contribution in [3.63, 3.8) is 0 Å². The van der Waals surface area contributed by atoms with Crippen molar-refractivity contribution in [1.82, 2.24) is 4.90 Å². The Labute approximate surface area is 148 Å². The van der Waals surface area contributed by atoms with E-state index in [9.17, 15) is 9.59 Å². The number of aryl methyl sites for hydroxylation is 2. The summed E-state index contributed by atoms with van der Waals surface area (Å²) in [5.74, 6) is -0.798. The molecule has 130 valence electrons. The van der Waals surface area contributed by atoms with Crippen molar-refractivity contribution in [2.75, 3.05) is 6.54 Å². The number of fused-ring (bicyclic) bond motifs is 1. The maximum Gasteiger partial charge on any atom is 0.335 e. The van der Waals surface area contributed by atoms with Gasteiger partial charge in [-0.1, -0.05) is 37.3 Å². The highest BCUT2D eigenvalue weighted by atomic mass is 16.4. The number of amides is 1. The summed E-state index contributed by atoms with van der Waals surface area (Å²) in [5, 5.41) is 9.13. The predicted octanol–water partition coefficient (Wildman–Crippen LogP) is 3.46. The van der Waals surface area contributed by atoms with E-state index in [2.05, 4.69) is 31.2 Å². The van der Waals surface area contributed by atoms with Gasteiger partial charge in [-0.2, -0.15) is 0 Å². The Morgan fingerprint density at radius 3 is 2.44 bits per heavy atom. The molecule has 0 aliphatic carbocycles. The Bertz CT molecular complexity index is 780. The van der Waals surface area contributed by atoms with Crippen molar-refractivity contribution >= 4 is 11.9 Å². The average molecular weight is 337 g/mol. The number of carboxylic acids is 1. The lowest BCUT2D eigenvalue weighted by molar-refractivity contribution is -0.132. The van der Waals surface area contributed by atoms with Crippen LogP contribution in [-0.4, -0.2) is 28.4 Å². The summed E-state index contributed by atoms with van der Waals surface area (Å²) in [4.78, 5) is 25.5. The largest absolute Gasteiger partial charge is 0.478 e. The normalized spacial score (nSPS) is 13.4. The molecule has 0 bridgehead atoms. The Kier molecular flexibility index (Phi) is 5.17. The summed E-state index contributed by atoms with van der Waals surface area (Å²) >= 11 is 0. The van der Waals surface area contributed by atoms with E-state index in [1.165, 1.54) is 11.1 Å². The molecule has 0 aromatic heterocycles. The summed E-state index contributed by atoms with van der Waals surface area (Å²) in [5.41, 5.74) is 4.85. The molecular weight excluding hydrogens is 314 g/mol. The minimum Gasteiger partial charge on any atom is -0.478 e. The van der Waals surface area contributed by atoms with Gasteiger partial charge in [-0.05, 0) is 53.6 Å². The van der Waals surface area contributed by atoms with Crippen molar-refractivity contribution < 1.29 is 14.7 Å². The lowest BCUT2D eigenvalue weighted by atomic mass is 9.97. The number of benzene rings is 2. The number of carboxylic acid groups (broad SMARTS) is 1. The Balaban J connectivity index is 1.61. The lowest BCUT2D eigenvalue weighted by Crippen LogP contribution is -2.36. The van der Waals surface area contributed by atoms with Gasteiger partial charge in [0.15, 0.2) is 0 Å². The second kappa shape index (κ2) is 7.51. The van der Waals surface area contributed by atoms with Gasteiger partial charge in [-0.25, -0.2) is 4.79 Å². The molecule has 0 saturated carbocycles. The summed E-state index contributed by atoms with van der Waals surface area (Å²) < 4.78 is 0. The highest BCUT2D eigenvalue weighted by molar-refractivity contribution is 5.88. The van der Waals surface area contributed by atoms with Gasteiger partial charge in [0.05, 0.1) is 5.56 Å². The number of aromatic carboxylic acids is 1. The smallest absolute Gasteiger partial charge is 0.335 e. The fourth-order valence-corrected chi connectivity index (χ4v) is 3.25. The third-order valence-electron chi connectivity index (χ3n) is 4.88. The Morgan fingerprint density at radius 2 is 1.76 bits per heavy atom. The van der Waals surface area contributed by atoms with E-state index in [-0.39, 0.29) is 11.5 Å². The molecule has 25 heavy (non-hydrogen) atoms. The zero-order chi connectivity index (χ0) is 17.8. The van der Waals surface area contributed by atoms with E-state index in [1.807, 2.05) is 11.0 Å². The minimum atomic E-state index is -0.929. The molecule has 2 aromatic rings. The fraction of sp³-hybridized carbons (Fsp3) is 0.333. The van der Waals surface area contributed by atoms with Crippen LogP contribution in [0.15, 0.2) is 42.5 Å². The SMILES string of the molecule is CCc1ccc(CCC(=O)N2CCc3ccc(C(=O)O)cc3C2)cc1. The predicted molar refractivity (Wildman–Crippen MR) is 96.7 cm³/mol. The number of carbonyl (C=O) groups is 2.